The number of nitro benzene ring substituents is 1. The first-order valence-electron chi connectivity index (χ1n) is 5.41. The SMILES string of the molecule is CCNC(=O)CNc1ccc(OC)cc1[N+](=O)[O-]. The number of amides is 1. The number of rotatable bonds is 6. The first-order chi connectivity index (χ1) is 8.58. The monoisotopic (exact) mass is 253 g/mol. The Kier molecular flexibility index (Phi) is 4.91. The number of carbonyl (C=O) groups excluding carboxylic acids is 1. The van der Waals surface area contributed by atoms with Crippen molar-refractivity contribution in [1.29, 1.82) is 0 Å². The third-order valence-corrected chi connectivity index (χ3v) is 2.21. The van der Waals surface area contributed by atoms with Crippen LogP contribution in [0.1, 0.15) is 6.92 Å². The average molecular weight is 253 g/mol. The van der Waals surface area contributed by atoms with Crippen LogP contribution in [0.2, 0.25) is 0 Å². The lowest BCUT2D eigenvalue weighted by Crippen LogP contribution is -2.29. The summed E-state index contributed by atoms with van der Waals surface area (Å²) in [5.74, 6) is 0.174. The van der Waals surface area contributed by atoms with E-state index in [9.17, 15) is 14.9 Å². The van der Waals surface area contributed by atoms with E-state index >= 15 is 0 Å². The van der Waals surface area contributed by atoms with Crippen LogP contribution >= 0.6 is 0 Å². The summed E-state index contributed by atoms with van der Waals surface area (Å²) in [6.45, 7) is 2.31. The van der Waals surface area contributed by atoms with E-state index in [-0.39, 0.29) is 23.8 Å². The molecule has 1 aromatic rings. The van der Waals surface area contributed by atoms with E-state index in [4.69, 9.17) is 4.74 Å². The van der Waals surface area contributed by atoms with Crippen LogP contribution in [0, 0.1) is 10.1 Å². The minimum Gasteiger partial charge on any atom is -0.496 e. The van der Waals surface area contributed by atoms with Gasteiger partial charge >= 0.3 is 0 Å². The molecule has 0 bridgehead atoms. The molecule has 0 saturated carbocycles. The van der Waals surface area contributed by atoms with Gasteiger partial charge in [0.1, 0.15) is 11.4 Å². The first kappa shape index (κ1) is 13.8. The van der Waals surface area contributed by atoms with Crippen LogP contribution in [0.4, 0.5) is 11.4 Å². The van der Waals surface area contributed by atoms with Crippen molar-refractivity contribution in [2.45, 2.75) is 6.92 Å². The molecule has 0 aliphatic rings. The Morgan fingerprint density at radius 2 is 2.22 bits per heavy atom. The minimum atomic E-state index is -0.525. The van der Waals surface area contributed by atoms with Crippen LogP contribution in [-0.4, -0.2) is 31.0 Å². The molecule has 0 aromatic heterocycles. The number of nitro groups is 1. The van der Waals surface area contributed by atoms with Crippen molar-refractivity contribution in [2.75, 3.05) is 25.5 Å². The van der Waals surface area contributed by atoms with Gasteiger partial charge in [-0.25, -0.2) is 0 Å². The van der Waals surface area contributed by atoms with Crippen LogP contribution in [0.5, 0.6) is 5.75 Å². The number of methoxy groups -OCH3 is 1. The van der Waals surface area contributed by atoms with Crippen molar-refractivity contribution in [1.82, 2.24) is 5.32 Å². The number of nitrogens with one attached hydrogen (secondary N) is 2. The van der Waals surface area contributed by atoms with Gasteiger partial charge in [-0.15, -0.1) is 0 Å². The molecule has 1 aromatic carbocycles. The van der Waals surface area contributed by atoms with Gasteiger partial charge in [0, 0.05) is 6.54 Å². The van der Waals surface area contributed by atoms with Gasteiger partial charge in [-0.1, -0.05) is 0 Å². The van der Waals surface area contributed by atoms with Gasteiger partial charge in [0.25, 0.3) is 5.69 Å². The zero-order chi connectivity index (χ0) is 13.5. The number of ether oxygens (including phenoxy) is 1. The number of anilines is 1. The van der Waals surface area contributed by atoms with E-state index in [0.717, 1.165) is 0 Å². The largest absolute Gasteiger partial charge is 0.496 e. The highest BCUT2D eigenvalue weighted by Gasteiger charge is 2.15. The lowest BCUT2D eigenvalue weighted by molar-refractivity contribution is -0.384. The van der Waals surface area contributed by atoms with Crippen LogP contribution in [0.3, 0.4) is 0 Å². The zero-order valence-electron chi connectivity index (χ0n) is 10.2. The molecule has 7 nitrogen and oxygen atoms in total. The van der Waals surface area contributed by atoms with E-state index in [1.165, 1.54) is 19.2 Å². The molecule has 0 fully saturated rings. The van der Waals surface area contributed by atoms with Crippen molar-refractivity contribution in [3.05, 3.63) is 28.3 Å². The van der Waals surface area contributed by atoms with Crippen molar-refractivity contribution in [3.63, 3.8) is 0 Å². The van der Waals surface area contributed by atoms with Crippen LogP contribution < -0.4 is 15.4 Å². The molecule has 0 heterocycles. The fourth-order valence-corrected chi connectivity index (χ4v) is 1.37. The molecule has 0 unspecified atom stereocenters. The maximum Gasteiger partial charge on any atom is 0.296 e. The number of hydrogen-bond acceptors (Lipinski definition) is 5. The van der Waals surface area contributed by atoms with Gasteiger partial charge in [-0.2, -0.15) is 0 Å². The third-order valence-electron chi connectivity index (χ3n) is 2.21. The minimum absolute atomic E-state index is 0.0129. The number of nitrogens with zero attached hydrogens (tertiary/aromatic N) is 1. The standard InChI is InChI=1S/C11H15N3O4/c1-3-12-11(15)7-13-9-5-4-8(18-2)6-10(9)14(16)17/h4-6,13H,3,7H2,1-2H3,(H,12,15). The molecule has 0 aliphatic heterocycles. The lowest BCUT2D eigenvalue weighted by atomic mass is 10.2. The highest BCUT2D eigenvalue weighted by molar-refractivity contribution is 5.81. The Morgan fingerprint density at radius 3 is 2.78 bits per heavy atom. The number of likely N-dealkylation sites (N-methyl/N-ethyl adjacent to an activating group) is 1. The predicted molar refractivity (Wildman–Crippen MR) is 66.8 cm³/mol. The Hall–Kier alpha value is -2.31. The van der Waals surface area contributed by atoms with E-state index < -0.39 is 4.92 Å². The second kappa shape index (κ2) is 6.43. The Bertz CT molecular complexity index is 448. The fourth-order valence-electron chi connectivity index (χ4n) is 1.37. The molecule has 7 heteroatoms. The molecule has 98 valence electrons. The average Bonchev–Trinajstić information content (AvgIpc) is 2.36. The number of carbonyl (C=O) groups is 1. The number of hydrogen-bond donors (Lipinski definition) is 2. The summed E-state index contributed by atoms with van der Waals surface area (Å²) < 4.78 is 4.91. The Balaban J connectivity index is 2.81. The van der Waals surface area contributed by atoms with Gasteiger partial charge in [0.15, 0.2) is 0 Å². The second-order valence-corrected chi connectivity index (χ2v) is 3.45. The summed E-state index contributed by atoms with van der Waals surface area (Å²) in [5.41, 5.74) is 0.158. The fraction of sp³-hybridized carbons (Fsp3) is 0.364. The molecule has 0 spiro atoms. The highest BCUT2D eigenvalue weighted by Crippen LogP contribution is 2.28. The maximum atomic E-state index is 11.3. The van der Waals surface area contributed by atoms with Crippen LogP contribution in [0.15, 0.2) is 18.2 Å². The molecule has 0 radical (unpaired) electrons. The molecule has 18 heavy (non-hydrogen) atoms. The van der Waals surface area contributed by atoms with Crippen LogP contribution in [0.25, 0.3) is 0 Å². The van der Waals surface area contributed by atoms with Gasteiger partial charge in [0.05, 0.1) is 24.6 Å². The second-order valence-electron chi connectivity index (χ2n) is 3.45. The number of benzene rings is 1. The third kappa shape index (κ3) is 3.62. The van der Waals surface area contributed by atoms with E-state index in [0.29, 0.717) is 12.3 Å². The topological polar surface area (TPSA) is 93.5 Å². The summed E-state index contributed by atoms with van der Waals surface area (Å²) in [5, 5.41) is 16.2. The smallest absolute Gasteiger partial charge is 0.296 e. The summed E-state index contributed by atoms with van der Waals surface area (Å²) in [6.07, 6.45) is 0. The molecular weight excluding hydrogens is 238 g/mol. The molecule has 2 N–H and O–H groups in total. The van der Waals surface area contributed by atoms with Crippen LogP contribution in [-0.2, 0) is 4.79 Å². The molecule has 0 saturated heterocycles. The molecular formula is C11H15N3O4. The quantitative estimate of drug-likeness (QED) is 0.586. The van der Waals surface area contributed by atoms with E-state index in [1.54, 1.807) is 13.0 Å². The zero-order valence-corrected chi connectivity index (χ0v) is 10.2. The van der Waals surface area contributed by atoms with Gasteiger partial charge in [-0.3, -0.25) is 14.9 Å². The van der Waals surface area contributed by atoms with Crippen molar-refractivity contribution in [3.8, 4) is 5.75 Å². The van der Waals surface area contributed by atoms with Crippen molar-refractivity contribution < 1.29 is 14.5 Å². The Morgan fingerprint density at radius 1 is 1.50 bits per heavy atom. The van der Waals surface area contributed by atoms with Gasteiger partial charge in [0.2, 0.25) is 5.91 Å². The summed E-state index contributed by atoms with van der Waals surface area (Å²) >= 11 is 0. The van der Waals surface area contributed by atoms with Gasteiger partial charge < -0.3 is 15.4 Å². The molecule has 0 aliphatic carbocycles. The summed E-state index contributed by atoms with van der Waals surface area (Å²) in [4.78, 5) is 21.6. The Labute approximate surface area is 104 Å². The molecule has 1 rings (SSSR count). The maximum absolute atomic E-state index is 11.3. The first-order valence-corrected chi connectivity index (χ1v) is 5.41. The van der Waals surface area contributed by atoms with E-state index in [2.05, 4.69) is 10.6 Å². The molecule has 0 atom stereocenters. The normalized spacial score (nSPS) is 9.67. The van der Waals surface area contributed by atoms with Crippen molar-refractivity contribution >= 4 is 17.3 Å². The summed E-state index contributed by atoms with van der Waals surface area (Å²) in [7, 11) is 1.43. The van der Waals surface area contributed by atoms with E-state index in [1.807, 2.05) is 0 Å². The predicted octanol–water partition coefficient (Wildman–Crippen LogP) is 1.15. The highest BCUT2D eigenvalue weighted by atomic mass is 16.6. The summed E-state index contributed by atoms with van der Waals surface area (Å²) in [6, 6.07) is 4.41. The lowest BCUT2D eigenvalue weighted by Gasteiger charge is -2.08. The van der Waals surface area contributed by atoms with Crippen molar-refractivity contribution in [2.24, 2.45) is 0 Å². The molecule has 1 amide bonds. The van der Waals surface area contributed by atoms with Gasteiger partial charge in [-0.05, 0) is 19.1 Å².